The summed E-state index contributed by atoms with van der Waals surface area (Å²) in [5, 5.41) is 0.467. The summed E-state index contributed by atoms with van der Waals surface area (Å²) in [4.78, 5) is 14.8. The maximum atomic E-state index is 11.0. The second-order valence-corrected chi connectivity index (χ2v) is 3.27. The minimum atomic E-state index is -0.487. The van der Waals surface area contributed by atoms with E-state index >= 15 is 0 Å². The quantitative estimate of drug-likeness (QED) is 0.718. The van der Waals surface area contributed by atoms with Crippen LogP contribution in [0.5, 0.6) is 0 Å². The lowest BCUT2D eigenvalue weighted by molar-refractivity contribution is 0.0593. The van der Waals surface area contributed by atoms with E-state index in [9.17, 15) is 4.79 Å². The van der Waals surface area contributed by atoms with E-state index in [4.69, 9.17) is 11.6 Å². The Bertz CT molecular complexity index is 316. The average Bonchev–Trinajstić information content (AvgIpc) is 2.03. The van der Waals surface area contributed by atoms with Crippen LogP contribution in [0, 0.1) is 0 Å². The van der Waals surface area contributed by atoms with Gasteiger partial charge in [0.15, 0.2) is 5.69 Å². The summed E-state index contributed by atoms with van der Waals surface area (Å²) in [6.45, 7) is 0. The highest BCUT2D eigenvalue weighted by Crippen LogP contribution is 2.19. The predicted octanol–water partition coefficient (Wildman–Crippen LogP) is 2.28. The van der Waals surface area contributed by atoms with E-state index in [1.54, 1.807) is 6.07 Å². The number of carbonyl (C=O) groups is 1. The Morgan fingerprint density at radius 1 is 1.75 bits per heavy atom. The summed E-state index contributed by atoms with van der Waals surface area (Å²) >= 11 is 8.76. The van der Waals surface area contributed by atoms with E-state index in [1.807, 2.05) is 0 Å². The lowest BCUT2D eigenvalue weighted by Gasteiger charge is -2.00. The molecular formula is C7H5BrClNO2. The molecule has 0 amide bonds. The van der Waals surface area contributed by atoms with Crippen LogP contribution in [0.1, 0.15) is 10.5 Å². The van der Waals surface area contributed by atoms with Crippen LogP contribution in [0.4, 0.5) is 0 Å². The molecule has 1 rings (SSSR count). The van der Waals surface area contributed by atoms with Gasteiger partial charge in [0.1, 0.15) is 0 Å². The second kappa shape index (κ2) is 3.87. The van der Waals surface area contributed by atoms with Gasteiger partial charge in [-0.3, -0.25) is 0 Å². The standard InChI is InChI=1S/C7H5BrClNO2/c1-12-7(11)6-5(8)2-4(9)3-10-6/h2-3H,1H3. The van der Waals surface area contributed by atoms with Gasteiger partial charge in [0, 0.05) is 6.20 Å². The molecule has 0 unspecified atom stereocenters. The van der Waals surface area contributed by atoms with Crippen LogP contribution in [0.3, 0.4) is 0 Å². The minimum absolute atomic E-state index is 0.224. The third-order valence-corrected chi connectivity index (χ3v) is 2.00. The number of carbonyl (C=O) groups excluding carboxylic acids is 1. The van der Waals surface area contributed by atoms with Crippen LogP contribution in [0.15, 0.2) is 16.7 Å². The average molecular weight is 250 g/mol. The van der Waals surface area contributed by atoms with Gasteiger partial charge in [-0.05, 0) is 22.0 Å². The highest BCUT2D eigenvalue weighted by Gasteiger charge is 2.11. The van der Waals surface area contributed by atoms with Crippen molar-refractivity contribution in [3.05, 3.63) is 27.5 Å². The third kappa shape index (κ3) is 1.95. The number of hydrogen-bond acceptors (Lipinski definition) is 3. The highest BCUT2D eigenvalue weighted by atomic mass is 79.9. The number of ether oxygens (including phenoxy) is 1. The molecule has 0 atom stereocenters. The molecular weight excluding hydrogens is 245 g/mol. The van der Waals surface area contributed by atoms with Crippen molar-refractivity contribution in [1.82, 2.24) is 4.98 Å². The van der Waals surface area contributed by atoms with Crippen LogP contribution < -0.4 is 0 Å². The smallest absolute Gasteiger partial charge is 0.357 e. The van der Waals surface area contributed by atoms with Crippen molar-refractivity contribution in [1.29, 1.82) is 0 Å². The largest absolute Gasteiger partial charge is 0.464 e. The van der Waals surface area contributed by atoms with Gasteiger partial charge >= 0.3 is 5.97 Å². The first-order valence-corrected chi connectivity index (χ1v) is 4.21. The SMILES string of the molecule is COC(=O)c1ncc(Cl)cc1Br. The maximum Gasteiger partial charge on any atom is 0.357 e. The van der Waals surface area contributed by atoms with Crippen LogP contribution >= 0.6 is 27.5 Å². The first-order valence-electron chi connectivity index (χ1n) is 3.04. The molecule has 3 nitrogen and oxygen atoms in total. The van der Waals surface area contributed by atoms with Gasteiger partial charge < -0.3 is 4.74 Å². The molecule has 1 aromatic rings. The molecule has 0 saturated heterocycles. The number of hydrogen-bond donors (Lipinski definition) is 0. The maximum absolute atomic E-state index is 11.0. The zero-order valence-electron chi connectivity index (χ0n) is 6.17. The zero-order chi connectivity index (χ0) is 9.14. The molecule has 12 heavy (non-hydrogen) atoms. The van der Waals surface area contributed by atoms with E-state index in [0.717, 1.165) is 0 Å². The Hall–Kier alpha value is -0.610. The zero-order valence-corrected chi connectivity index (χ0v) is 8.52. The Kier molecular flexibility index (Phi) is 3.05. The van der Waals surface area contributed by atoms with Crippen molar-refractivity contribution < 1.29 is 9.53 Å². The second-order valence-electron chi connectivity index (χ2n) is 1.98. The fraction of sp³-hybridized carbons (Fsp3) is 0.143. The Labute approximate surface area is 82.8 Å². The monoisotopic (exact) mass is 249 g/mol. The number of methoxy groups -OCH3 is 1. The summed E-state index contributed by atoms with van der Waals surface area (Å²) < 4.78 is 5.01. The number of aromatic nitrogens is 1. The molecule has 0 bridgehead atoms. The molecule has 64 valence electrons. The fourth-order valence-corrected chi connectivity index (χ4v) is 1.46. The molecule has 0 spiro atoms. The first-order chi connectivity index (χ1) is 5.65. The van der Waals surface area contributed by atoms with E-state index in [1.165, 1.54) is 13.3 Å². The Morgan fingerprint density at radius 2 is 2.42 bits per heavy atom. The minimum Gasteiger partial charge on any atom is -0.464 e. The summed E-state index contributed by atoms with van der Waals surface area (Å²) in [5.41, 5.74) is 0.224. The normalized spacial score (nSPS) is 9.58. The summed E-state index contributed by atoms with van der Waals surface area (Å²) in [6, 6.07) is 1.58. The van der Waals surface area contributed by atoms with E-state index in [0.29, 0.717) is 9.50 Å². The van der Waals surface area contributed by atoms with Gasteiger partial charge in [0.05, 0.1) is 16.6 Å². The van der Waals surface area contributed by atoms with E-state index in [2.05, 4.69) is 25.7 Å². The molecule has 5 heteroatoms. The van der Waals surface area contributed by atoms with Crippen molar-refractivity contribution >= 4 is 33.5 Å². The summed E-state index contributed by atoms with van der Waals surface area (Å²) in [6.07, 6.45) is 1.39. The summed E-state index contributed by atoms with van der Waals surface area (Å²) in [5.74, 6) is -0.487. The predicted molar refractivity (Wildman–Crippen MR) is 48.3 cm³/mol. The van der Waals surface area contributed by atoms with Crippen molar-refractivity contribution in [3.63, 3.8) is 0 Å². The van der Waals surface area contributed by atoms with Gasteiger partial charge in [-0.25, -0.2) is 9.78 Å². The highest BCUT2D eigenvalue weighted by molar-refractivity contribution is 9.10. The molecule has 0 saturated carbocycles. The number of esters is 1. The molecule has 0 aliphatic rings. The number of pyridine rings is 1. The van der Waals surface area contributed by atoms with Crippen LogP contribution in [-0.4, -0.2) is 18.1 Å². The van der Waals surface area contributed by atoms with Crippen molar-refractivity contribution in [3.8, 4) is 0 Å². The number of nitrogens with zero attached hydrogens (tertiary/aromatic N) is 1. The van der Waals surface area contributed by atoms with Gasteiger partial charge in [-0.1, -0.05) is 11.6 Å². The van der Waals surface area contributed by atoms with Crippen molar-refractivity contribution in [2.24, 2.45) is 0 Å². The molecule has 1 aromatic heterocycles. The lowest BCUT2D eigenvalue weighted by Crippen LogP contribution is -2.04. The Balaban J connectivity index is 3.09. The molecule has 1 heterocycles. The van der Waals surface area contributed by atoms with Gasteiger partial charge in [-0.2, -0.15) is 0 Å². The third-order valence-electron chi connectivity index (χ3n) is 1.19. The molecule has 0 aliphatic heterocycles. The van der Waals surface area contributed by atoms with Crippen molar-refractivity contribution in [2.75, 3.05) is 7.11 Å². The lowest BCUT2D eigenvalue weighted by atomic mass is 10.3. The van der Waals surface area contributed by atoms with Gasteiger partial charge in [0.2, 0.25) is 0 Å². The van der Waals surface area contributed by atoms with E-state index in [-0.39, 0.29) is 5.69 Å². The molecule has 0 fully saturated rings. The van der Waals surface area contributed by atoms with Crippen LogP contribution in [-0.2, 0) is 4.74 Å². The molecule has 0 aliphatic carbocycles. The summed E-state index contributed by atoms with van der Waals surface area (Å²) in [7, 11) is 1.30. The van der Waals surface area contributed by atoms with Crippen LogP contribution in [0.25, 0.3) is 0 Å². The molecule has 0 radical (unpaired) electrons. The number of halogens is 2. The number of rotatable bonds is 1. The molecule has 0 N–H and O–H groups in total. The Morgan fingerprint density at radius 3 is 2.92 bits per heavy atom. The fourth-order valence-electron chi connectivity index (χ4n) is 0.661. The van der Waals surface area contributed by atoms with E-state index < -0.39 is 5.97 Å². The first kappa shape index (κ1) is 9.48. The topological polar surface area (TPSA) is 39.2 Å². The van der Waals surface area contributed by atoms with Crippen molar-refractivity contribution in [2.45, 2.75) is 0 Å². The van der Waals surface area contributed by atoms with Crippen LogP contribution in [0.2, 0.25) is 5.02 Å². The van der Waals surface area contributed by atoms with Gasteiger partial charge in [-0.15, -0.1) is 0 Å². The van der Waals surface area contributed by atoms with Gasteiger partial charge in [0.25, 0.3) is 0 Å². The molecule has 0 aromatic carbocycles.